The van der Waals surface area contributed by atoms with Gasteiger partial charge in [0.2, 0.25) is 0 Å². The van der Waals surface area contributed by atoms with Crippen LogP contribution in [0.15, 0.2) is 91.3 Å². The number of hydrogen-bond acceptors (Lipinski definition) is 4. The first-order valence-electron chi connectivity index (χ1n) is 12.4. The molecule has 1 aromatic heterocycles. The van der Waals surface area contributed by atoms with Crippen LogP contribution < -0.4 is 9.64 Å². The highest BCUT2D eigenvalue weighted by atomic mass is 16.5. The molecule has 3 aromatic carbocycles. The largest absolute Gasteiger partial charge is 0.493 e. The van der Waals surface area contributed by atoms with Crippen LogP contribution in [-0.4, -0.2) is 27.9 Å². The van der Waals surface area contributed by atoms with Gasteiger partial charge in [-0.15, -0.1) is 0 Å². The molecule has 35 heavy (non-hydrogen) atoms. The summed E-state index contributed by atoms with van der Waals surface area (Å²) in [7, 11) is 0. The van der Waals surface area contributed by atoms with Crippen molar-refractivity contribution in [2.75, 3.05) is 11.5 Å². The summed E-state index contributed by atoms with van der Waals surface area (Å²) >= 11 is 0. The Balaban J connectivity index is 1.52. The van der Waals surface area contributed by atoms with E-state index in [1.807, 2.05) is 85.1 Å². The number of rotatable bonds is 13. The van der Waals surface area contributed by atoms with E-state index in [9.17, 15) is 4.79 Å². The quantitative estimate of drug-likeness (QED) is 0.224. The van der Waals surface area contributed by atoms with Gasteiger partial charge in [0.1, 0.15) is 5.75 Å². The van der Waals surface area contributed by atoms with Crippen LogP contribution in [0.2, 0.25) is 0 Å². The van der Waals surface area contributed by atoms with Crippen LogP contribution in [0.3, 0.4) is 0 Å². The van der Waals surface area contributed by atoms with E-state index in [0.717, 1.165) is 46.5 Å². The number of carboxylic acids is 1. The van der Waals surface area contributed by atoms with Crippen LogP contribution >= 0.6 is 0 Å². The number of aromatic amines is 1. The highest BCUT2D eigenvalue weighted by Gasteiger charge is 2.13. The maximum Gasteiger partial charge on any atom is 0.303 e. The Hall–Kier alpha value is -4.06. The Morgan fingerprint density at radius 1 is 0.943 bits per heavy atom. The van der Waals surface area contributed by atoms with Crippen LogP contribution in [0.5, 0.6) is 5.75 Å². The molecule has 0 saturated carbocycles. The van der Waals surface area contributed by atoms with Crippen molar-refractivity contribution in [3.63, 3.8) is 0 Å². The number of nitrogens with zero attached hydrogens (tertiary/aromatic N) is 2. The lowest BCUT2D eigenvalue weighted by Gasteiger charge is -2.26. The molecule has 4 rings (SSSR count). The highest BCUT2D eigenvalue weighted by Crippen LogP contribution is 2.28. The molecule has 0 radical (unpaired) electrons. The molecule has 2 N–H and O–H groups in total. The molecule has 1 heterocycles. The van der Waals surface area contributed by atoms with Gasteiger partial charge >= 0.3 is 5.97 Å². The molecule has 0 bridgehead atoms. The highest BCUT2D eigenvalue weighted by molar-refractivity contribution is 5.66. The Morgan fingerprint density at radius 2 is 1.71 bits per heavy atom. The number of carbonyl (C=O) groups is 1. The molecule has 0 aliphatic heterocycles. The van der Waals surface area contributed by atoms with Gasteiger partial charge < -0.3 is 14.7 Å². The molecule has 4 aromatic rings. The number of carboxylic acid groups (broad SMARTS) is 1. The average molecular weight is 471 g/mol. The number of unbranched alkanes of at least 4 members (excludes halogenated alkanes) is 2. The smallest absolute Gasteiger partial charge is 0.303 e. The van der Waals surface area contributed by atoms with Gasteiger partial charge in [-0.25, -0.2) is 0 Å². The minimum Gasteiger partial charge on any atom is -0.493 e. The lowest BCUT2D eigenvalue weighted by atomic mass is 10.1. The van der Waals surface area contributed by atoms with Crippen molar-refractivity contribution >= 4 is 11.7 Å². The molecular formula is C29H31N3O3. The van der Waals surface area contributed by atoms with Gasteiger partial charge in [-0.05, 0) is 48.6 Å². The molecule has 6 heteroatoms. The molecule has 0 amide bonds. The summed E-state index contributed by atoms with van der Waals surface area (Å²) in [5.41, 5.74) is 4.92. The number of ether oxygens (including phenoxy) is 1. The Kier molecular flexibility index (Phi) is 8.06. The van der Waals surface area contributed by atoms with Crippen molar-refractivity contribution in [1.82, 2.24) is 10.2 Å². The molecule has 0 aliphatic rings. The standard InChI is InChI=1S/C29H31N3O3/c33-29(34)13-5-2-8-18-35-28-12-7-6-11-25(28)22-32(21-23-9-3-1-4-10-23)27-16-14-24(15-17-27)26-19-30-31-20-26/h1,3-4,6-7,9-12,14-17,19-20H,2,5,8,13,18,21-22H2,(H,30,31)(H,33,34)/i21D. The third-order valence-electron chi connectivity index (χ3n) is 5.74. The number of aromatic nitrogens is 2. The number of aliphatic carboxylic acids is 1. The maximum absolute atomic E-state index is 10.7. The Bertz CT molecular complexity index is 1210. The van der Waals surface area contributed by atoms with E-state index in [1.54, 1.807) is 6.20 Å². The van der Waals surface area contributed by atoms with E-state index in [4.69, 9.17) is 11.2 Å². The van der Waals surface area contributed by atoms with Crippen molar-refractivity contribution in [2.45, 2.75) is 38.7 Å². The van der Waals surface area contributed by atoms with E-state index < -0.39 is 12.5 Å². The summed E-state index contributed by atoms with van der Waals surface area (Å²) in [6, 6.07) is 25.9. The van der Waals surface area contributed by atoms with Crippen LogP contribution in [0.25, 0.3) is 11.1 Å². The first-order chi connectivity index (χ1) is 17.6. The predicted molar refractivity (Wildman–Crippen MR) is 138 cm³/mol. The monoisotopic (exact) mass is 470 g/mol. The van der Waals surface area contributed by atoms with E-state index in [2.05, 4.69) is 15.1 Å². The zero-order valence-corrected chi connectivity index (χ0v) is 19.6. The second-order valence-corrected chi connectivity index (χ2v) is 8.36. The number of hydrogen-bond donors (Lipinski definition) is 2. The minimum absolute atomic E-state index is 0.190. The summed E-state index contributed by atoms with van der Waals surface area (Å²) in [4.78, 5) is 12.8. The minimum atomic E-state index is -0.762. The summed E-state index contributed by atoms with van der Waals surface area (Å²) in [6.07, 6.45) is 6.10. The van der Waals surface area contributed by atoms with Crippen molar-refractivity contribution in [3.05, 3.63) is 102 Å². The van der Waals surface area contributed by atoms with Gasteiger partial charge in [-0.2, -0.15) is 5.10 Å². The van der Waals surface area contributed by atoms with Crippen LogP contribution in [0.4, 0.5) is 5.69 Å². The Labute approximate surface area is 207 Å². The fourth-order valence-electron chi connectivity index (χ4n) is 3.88. The number of anilines is 1. The molecule has 0 fully saturated rings. The summed E-state index contributed by atoms with van der Waals surface area (Å²) in [5, 5.41) is 15.7. The lowest BCUT2D eigenvalue weighted by molar-refractivity contribution is -0.137. The average Bonchev–Trinajstić information content (AvgIpc) is 3.45. The van der Waals surface area contributed by atoms with Crippen molar-refractivity contribution in [1.29, 1.82) is 0 Å². The summed E-state index contributed by atoms with van der Waals surface area (Å²) < 4.78 is 15.2. The lowest BCUT2D eigenvalue weighted by Crippen LogP contribution is -2.22. The van der Waals surface area contributed by atoms with Gasteiger partial charge in [-0.1, -0.05) is 60.7 Å². The second-order valence-electron chi connectivity index (χ2n) is 8.36. The van der Waals surface area contributed by atoms with Crippen LogP contribution in [0.1, 0.15) is 38.2 Å². The molecule has 1 unspecified atom stereocenters. The second kappa shape index (κ2) is 12.4. The molecule has 0 spiro atoms. The summed E-state index contributed by atoms with van der Waals surface area (Å²) in [5.74, 6) is 0.0264. The molecule has 0 aliphatic carbocycles. The fourth-order valence-corrected chi connectivity index (χ4v) is 3.88. The topological polar surface area (TPSA) is 78.4 Å². The van der Waals surface area contributed by atoms with Gasteiger partial charge in [0.15, 0.2) is 0 Å². The normalized spacial score (nSPS) is 12.1. The van der Waals surface area contributed by atoms with E-state index in [1.165, 1.54) is 0 Å². The van der Waals surface area contributed by atoms with E-state index >= 15 is 0 Å². The molecule has 180 valence electrons. The third-order valence-corrected chi connectivity index (χ3v) is 5.74. The Morgan fingerprint density at radius 3 is 2.46 bits per heavy atom. The van der Waals surface area contributed by atoms with E-state index in [-0.39, 0.29) is 6.42 Å². The van der Waals surface area contributed by atoms with Crippen molar-refractivity contribution < 1.29 is 16.0 Å². The van der Waals surface area contributed by atoms with Crippen LogP contribution in [0, 0.1) is 0 Å². The fraction of sp³-hybridized carbons (Fsp3) is 0.241. The number of para-hydroxylation sites is 1. The number of benzene rings is 3. The molecule has 0 saturated heterocycles. The molecular weight excluding hydrogens is 438 g/mol. The first-order valence-corrected chi connectivity index (χ1v) is 11.9. The molecule has 6 nitrogen and oxygen atoms in total. The predicted octanol–water partition coefficient (Wildman–Crippen LogP) is 6.31. The van der Waals surface area contributed by atoms with Crippen molar-refractivity contribution in [2.24, 2.45) is 0 Å². The zero-order valence-electron chi connectivity index (χ0n) is 20.6. The van der Waals surface area contributed by atoms with Gasteiger partial charge in [0.05, 0.1) is 14.2 Å². The van der Waals surface area contributed by atoms with Crippen molar-refractivity contribution in [3.8, 4) is 16.9 Å². The SMILES string of the molecule is [2H]C(c1ccccc1)N(Cc1ccccc1OCCCCCC(=O)O)c1ccc(-c2cn[nH]c2)cc1. The maximum atomic E-state index is 10.7. The van der Waals surface area contributed by atoms with Gasteiger partial charge in [0, 0.05) is 42.5 Å². The van der Waals surface area contributed by atoms with Gasteiger partial charge in [-0.3, -0.25) is 9.89 Å². The summed E-state index contributed by atoms with van der Waals surface area (Å²) in [6.45, 7) is 0.428. The van der Waals surface area contributed by atoms with Crippen LogP contribution in [-0.2, 0) is 17.9 Å². The number of nitrogens with one attached hydrogen (secondary N) is 1. The third kappa shape index (κ3) is 7.21. The van der Waals surface area contributed by atoms with Gasteiger partial charge in [0.25, 0.3) is 0 Å². The zero-order chi connectivity index (χ0) is 25.2. The first kappa shape index (κ1) is 22.7. The van der Waals surface area contributed by atoms with E-state index in [0.29, 0.717) is 19.6 Å². The molecule has 1 atom stereocenters. The number of H-pyrrole nitrogens is 1.